The molecule has 154 valence electrons. The number of para-hydroxylation sites is 1. The van der Waals surface area contributed by atoms with E-state index in [2.05, 4.69) is 0 Å². The molecule has 1 aromatic heterocycles. The molecule has 0 fully saturated rings. The smallest absolute Gasteiger partial charge is 0.344 e. The lowest BCUT2D eigenvalue weighted by molar-refractivity contribution is -0.139. The van der Waals surface area contributed by atoms with Gasteiger partial charge in [0.25, 0.3) is 0 Å². The Balaban J connectivity index is 2.04. The summed E-state index contributed by atoms with van der Waals surface area (Å²) in [7, 11) is 1.40. The van der Waals surface area contributed by atoms with Gasteiger partial charge in [-0.1, -0.05) is 18.2 Å². The molecule has 3 N–H and O–H groups in total. The Hall–Kier alpha value is -3.94. The number of hydrogen-bond donors (Lipinski definition) is 2. The van der Waals surface area contributed by atoms with E-state index in [1.807, 2.05) is 0 Å². The molecule has 0 radical (unpaired) electrons. The number of phenols is 1. The molecule has 30 heavy (non-hydrogen) atoms. The van der Waals surface area contributed by atoms with Crippen LogP contribution in [-0.4, -0.2) is 24.8 Å². The number of rotatable bonds is 4. The quantitative estimate of drug-likeness (QED) is 0.498. The van der Waals surface area contributed by atoms with Gasteiger partial charge in [-0.2, -0.15) is 0 Å². The van der Waals surface area contributed by atoms with Crippen molar-refractivity contribution in [1.82, 2.24) is 0 Å². The van der Waals surface area contributed by atoms with Crippen LogP contribution in [0.4, 0.5) is 0 Å². The van der Waals surface area contributed by atoms with Crippen molar-refractivity contribution in [1.29, 1.82) is 0 Å². The lowest BCUT2D eigenvalue weighted by Crippen LogP contribution is -2.31. The molecular weight excluding hydrogens is 390 g/mol. The zero-order valence-corrected chi connectivity index (χ0v) is 16.3. The Morgan fingerprint density at radius 2 is 2.00 bits per heavy atom. The minimum atomic E-state index is -0.942. The van der Waals surface area contributed by atoms with Crippen LogP contribution < -0.4 is 20.8 Å². The topological polar surface area (TPSA) is 121 Å². The first-order chi connectivity index (χ1) is 14.5. The number of hydrogen-bond acceptors (Lipinski definition) is 8. The normalized spacial score (nSPS) is 15.5. The predicted octanol–water partition coefficient (Wildman–Crippen LogP) is 2.76. The fourth-order valence-electron chi connectivity index (χ4n) is 3.58. The van der Waals surface area contributed by atoms with Crippen molar-refractivity contribution in [3.63, 3.8) is 0 Å². The summed E-state index contributed by atoms with van der Waals surface area (Å²) < 4.78 is 21.6. The standard InChI is InChI=1S/C22H19NO7/c1-3-28-21(25)18-16(11-8-9-13(24)15(10-11)27-2)17-19(30-20(18)23)12-6-4-5-7-14(12)29-22(17)26/h4-10,16,24H,3,23H2,1-2H3/t16-/m1/s1. The molecule has 4 rings (SSSR count). The highest BCUT2D eigenvalue weighted by atomic mass is 16.5. The third kappa shape index (κ3) is 3.02. The maximum Gasteiger partial charge on any atom is 0.344 e. The van der Waals surface area contributed by atoms with Gasteiger partial charge in [-0.3, -0.25) is 0 Å². The lowest BCUT2D eigenvalue weighted by Gasteiger charge is -2.28. The van der Waals surface area contributed by atoms with Crippen LogP contribution in [0.5, 0.6) is 17.2 Å². The van der Waals surface area contributed by atoms with Crippen LogP contribution in [0.15, 0.2) is 63.1 Å². The third-order valence-corrected chi connectivity index (χ3v) is 4.89. The van der Waals surface area contributed by atoms with Gasteiger partial charge in [-0.15, -0.1) is 0 Å². The van der Waals surface area contributed by atoms with Crippen molar-refractivity contribution < 1.29 is 28.5 Å². The molecule has 2 aromatic carbocycles. The number of benzene rings is 2. The van der Waals surface area contributed by atoms with Gasteiger partial charge in [0.15, 0.2) is 17.2 Å². The van der Waals surface area contributed by atoms with E-state index in [4.69, 9.17) is 24.4 Å². The first-order valence-electron chi connectivity index (χ1n) is 9.23. The Labute approximate surface area is 171 Å². The highest BCUT2D eigenvalue weighted by Crippen LogP contribution is 2.45. The van der Waals surface area contributed by atoms with E-state index in [0.717, 1.165) is 0 Å². The first kappa shape index (κ1) is 19.4. The molecule has 0 saturated carbocycles. The van der Waals surface area contributed by atoms with E-state index < -0.39 is 17.5 Å². The van der Waals surface area contributed by atoms with Crippen molar-refractivity contribution in [2.45, 2.75) is 12.8 Å². The number of phenolic OH excluding ortho intramolecular Hbond substituents is 1. The molecule has 0 aliphatic carbocycles. The number of ether oxygens (including phenoxy) is 3. The van der Waals surface area contributed by atoms with Gasteiger partial charge >= 0.3 is 11.6 Å². The van der Waals surface area contributed by atoms with Crippen molar-refractivity contribution >= 4 is 16.9 Å². The minimum Gasteiger partial charge on any atom is -0.504 e. The molecule has 0 bridgehead atoms. The summed E-state index contributed by atoms with van der Waals surface area (Å²) in [4.78, 5) is 25.7. The summed E-state index contributed by atoms with van der Waals surface area (Å²) in [5, 5.41) is 10.5. The van der Waals surface area contributed by atoms with Gasteiger partial charge in [-0.25, -0.2) is 9.59 Å². The second-order valence-electron chi connectivity index (χ2n) is 6.59. The average Bonchev–Trinajstić information content (AvgIpc) is 2.73. The average molecular weight is 409 g/mol. The molecular formula is C22H19NO7. The van der Waals surface area contributed by atoms with Gasteiger partial charge < -0.3 is 29.5 Å². The zero-order chi connectivity index (χ0) is 21.4. The fourth-order valence-corrected chi connectivity index (χ4v) is 3.58. The summed E-state index contributed by atoms with van der Waals surface area (Å²) in [6.07, 6.45) is 0. The van der Waals surface area contributed by atoms with Crippen molar-refractivity contribution in [2.75, 3.05) is 13.7 Å². The number of carbonyl (C=O) groups excluding carboxylic acids is 1. The molecule has 3 aromatic rings. The maximum absolute atomic E-state index is 13.0. The van der Waals surface area contributed by atoms with Crippen molar-refractivity contribution in [3.8, 4) is 17.2 Å². The van der Waals surface area contributed by atoms with Crippen LogP contribution in [0.3, 0.4) is 0 Å². The maximum atomic E-state index is 13.0. The SMILES string of the molecule is CCOC(=O)C1=C(N)Oc2c(c(=O)oc3ccccc23)[C@H]1c1ccc(O)c(OC)c1. The molecule has 0 saturated heterocycles. The largest absolute Gasteiger partial charge is 0.504 e. The number of esters is 1. The number of aromatic hydroxyl groups is 1. The third-order valence-electron chi connectivity index (χ3n) is 4.89. The number of methoxy groups -OCH3 is 1. The lowest BCUT2D eigenvalue weighted by atomic mass is 9.83. The molecule has 8 nitrogen and oxygen atoms in total. The van der Waals surface area contributed by atoms with Gasteiger partial charge in [0.05, 0.1) is 30.6 Å². The van der Waals surface area contributed by atoms with Gasteiger partial charge in [0, 0.05) is 0 Å². The summed E-state index contributed by atoms with van der Waals surface area (Å²) >= 11 is 0. The predicted molar refractivity (Wildman–Crippen MR) is 107 cm³/mol. The summed E-state index contributed by atoms with van der Waals surface area (Å²) in [5.74, 6) is -1.53. The highest BCUT2D eigenvalue weighted by Gasteiger charge is 2.39. The molecule has 0 spiro atoms. The molecule has 1 aliphatic rings. The molecule has 0 unspecified atom stereocenters. The van der Waals surface area contributed by atoms with Crippen molar-refractivity contribution in [3.05, 3.63) is 75.5 Å². The highest BCUT2D eigenvalue weighted by molar-refractivity contribution is 5.94. The van der Waals surface area contributed by atoms with Crippen LogP contribution >= 0.6 is 0 Å². The monoisotopic (exact) mass is 409 g/mol. The van der Waals surface area contributed by atoms with E-state index in [9.17, 15) is 14.7 Å². The second-order valence-corrected chi connectivity index (χ2v) is 6.59. The number of fused-ring (bicyclic) bond motifs is 3. The van der Waals surface area contributed by atoms with E-state index in [-0.39, 0.29) is 40.9 Å². The summed E-state index contributed by atoms with van der Waals surface area (Å²) in [5.41, 5.74) is 6.35. The minimum absolute atomic E-state index is 0.0281. The van der Waals surface area contributed by atoms with E-state index in [1.165, 1.54) is 19.2 Å². The Morgan fingerprint density at radius 3 is 2.73 bits per heavy atom. The van der Waals surface area contributed by atoms with Gasteiger partial charge in [-0.05, 0) is 36.8 Å². The Kier molecular flexibility index (Phi) is 4.83. The van der Waals surface area contributed by atoms with Crippen molar-refractivity contribution in [2.24, 2.45) is 5.73 Å². The fraction of sp³-hybridized carbons (Fsp3) is 0.182. The molecule has 0 amide bonds. The van der Waals surface area contributed by atoms with E-state index in [1.54, 1.807) is 37.3 Å². The van der Waals surface area contributed by atoms with Crippen LogP contribution in [-0.2, 0) is 9.53 Å². The molecule has 2 heterocycles. The summed E-state index contributed by atoms with van der Waals surface area (Å²) in [6, 6.07) is 11.4. The molecule has 8 heteroatoms. The second kappa shape index (κ2) is 7.47. The Morgan fingerprint density at radius 1 is 1.23 bits per heavy atom. The van der Waals surface area contributed by atoms with E-state index >= 15 is 0 Å². The van der Waals surface area contributed by atoms with Crippen LogP contribution in [0.25, 0.3) is 11.0 Å². The van der Waals surface area contributed by atoms with Gasteiger partial charge in [0.2, 0.25) is 5.88 Å². The summed E-state index contributed by atoms with van der Waals surface area (Å²) in [6.45, 7) is 1.77. The zero-order valence-electron chi connectivity index (χ0n) is 16.3. The van der Waals surface area contributed by atoms with E-state index in [0.29, 0.717) is 16.5 Å². The Bertz CT molecular complexity index is 1240. The molecule has 1 aliphatic heterocycles. The molecule has 1 atom stereocenters. The number of carbonyl (C=O) groups is 1. The van der Waals surface area contributed by atoms with Gasteiger partial charge in [0.1, 0.15) is 11.2 Å². The van der Waals surface area contributed by atoms with Crippen LogP contribution in [0.2, 0.25) is 0 Å². The first-order valence-corrected chi connectivity index (χ1v) is 9.23. The number of nitrogens with two attached hydrogens (primary N) is 1. The van der Waals surface area contributed by atoms with Crippen LogP contribution in [0, 0.1) is 0 Å². The van der Waals surface area contributed by atoms with Crippen LogP contribution in [0.1, 0.15) is 24.0 Å².